The van der Waals surface area contributed by atoms with Crippen LogP contribution in [-0.4, -0.2) is 35.3 Å². The van der Waals surface area contributed by atoms with Crippen molar-refractivity contribution in [3.05, 3.63) is 12.2 Å². The third kappa shape index (κ3) is 3.54. The zero-order valence-corrected chi connectivity index (χ0v) is 8.87. The minimum absolute atomic E-state index is 0.0872. The van der Waals surface area contributed by atoms with E-state index in [2.05, 4.69) is 19.7 Å². The van der Waals surface area contributed by atoms with Crippen LogP contribution in [0.3, 0.4) is 0 Å². The molecule has 1 aliphatic heterocycles. The van der Waals surface area contributed by atoms with Gasteiger partial charge < -0.3 is 4.74 Å². The highest BCUT2D eigenvalue weighted by atomic mass is 32.2. The molecular formula is C8H10O6S. The van der Waals surface area contributed by atoms with Gasteiger partial charge in [0.05, 0.1) is 0 Å². The summed E-state index contributed by atoms with van der Waals surface area (Å²) in [4.78, 5) is 22.2. The molecule has 2 atom stereocenters. The Hall–Kier alpha value is -1.05. The van der Waals surface area contributed by atoms with Gasteiger partial charge in [0.1, 0.15) is 6.61 Å². The van der Waals surface area contributed by atoms with E-state index in [0.29, 0.717) is 0 Å². The Bertz CT molecular complexity index is 323. The lowest BCUT2D eigenvalue weighted by Gasteiger charge is -2.05. The summed E-state index contributed by atoms with van der Waals surface area (Å²) in [7, 11) is 0. The second-order valence-corrected chi connectivity index (χ2v) is 3.73. The molecule has 6 nitrogen and oxygen atoms in total. The molecule has 2 unspecified atom stereocenters. The van der Waals surface area contributed by atoms with Crippen molar-refractivity contribution in [1.29, 1.82) is 0 Å². The third-order valence-electron chi connectivity index (χ3n) is 1.56. The monoisotopic (exact) mass is 234 g/mol. The Morgan fingerprint density at radius 2 is 2.27 bits per heavy atom. The van der Waals surface area contributed by atoms with Gasteiger partial charge in [-0.25, -0.2) is 4.79 Å². The summed E-state index contributed by atoms with van der Waals surface area (Å²) in [5, 5.41) is 0. The topological polar surface area (TPSA) is 78.9 Å². The average Bonchev–Trinajstić information content (AvgIpc) is 2.60. The summed E-state index contributed by atoms with van der Waals surface area (Å²) in [5.41, 5.74) is 0.204. The molecule has 0 spiro atoms. The van der Waals surface area contributed by atoms with Gasteiger partial charge in [-0.1, -0.05) is 6.58 Å². The number of carbonyl (C=O) groups is 2. The van der Waals surface area contributed by atoms with Crippen molar-refractivity contribution in [2.75, 3.05) is 13.2 Å². The minimum Gasteiger partial charge on any atom is -0.454 e. The molecule has 1 heterocycles. The molecule has 0 aromatic heterocycles. The van der Waals surface area contributed by atoms with Crippen LogP contribution in [0.4, 0.5) is 0 Å². The number of carbonyl (C=O) groups excluding carboxylic acids is 2. The number of Topliss-reactive ketones (excluding diaryl/α,β-unsaturated/α-hetero) is 1. The number of ketones is 1. The predicted octanol–water partition coefficient (Wildman–Crippen LogP) is -0.331. The molecule has 1 saturated heterocycles. The minimum atomic E-state index is -1.88. The largest absolute Gasteiger partial charge is 0.454 e. The summed E-state index contributed by atoms with van der Waals surface area (Å²) in [6.07, 6.45) is -0.927. The van der Waals surface area contributed by atoms with Crippen LogP contribution in [0.2, 0.25) is 0 Å². The fourth-order valence-electron chi connectivity index (χ4n) is 0.767. The Morgan fingerprint density at radius 3 is 2.73 bits per heavy atom. The van der Waals surface area contributed by atoms with Gasteiger partial charge in [-0.15, -0.1) is 0 Å². The zero-order chi connectivity index (χ0) is 11.4. The molecule has 0 saturated carbocycles. The molecule has 0 aliphatic carbocycles. The van der Waals surface area contributed by atoms with E-state index < -0.39 is 35.8 Å². The number of hydrogen-bond acceptors (Lipinski definition) is 6. The van der Waals surface area contributed by atoms with E-state index in [1.807, 2.05) is 0 Å². The van der Waals surface area contributed by atoms with Crippen LogP contribution in [0.1, 0.15) is 6.92 Å². The van der Waals surface area contributed by atoms with Crippen LogP contribution in [0.5, 0.6) is 0 Å². The quantitative estimate of drug-likeness (QED) is 0.489. The maximum Gasteiger partial charge on any atom is 0.333 e. The van der Waals surface area contributed by atoms with Crippen LogP contribution in [0.15, 0.2) is 12.2 Å². The van der Waals surface area contributed by atoms with Crippen LogP contribution in [-0.2, 0) is 34.1 Å². The number of ether oxygens (including phenoxy) is 1. The second-order valence-electron chi connectivity index (χ2n) is 2.90. The summed E-state index contributed by atoms with van der Waals surface area (Å²) in [6, 6.07) is 0. The van der Waals surface area contributed by atoms with Gasteiger partial charge in [0.15, 0.2) is 12.7 Å². The smallest absolute Gasteiger partial charge is 0.333 e. The lowest BCUT2D eigenvalue weighted by molar-refractivity contribution is -0.146. The van der Waals surface area contributed by atoms with E-state index in [4.69, 9.17) is 0 Å². The lowest BCUT2D eigenvalue weighted by atomic mass is 10.2. The highest BCUT2D eigenvalue weighted by molar-refractivity contribution is 7.75. The first-order valence-electron chi connectivity index (χ1n) is 4.08. The Kier molecular flexibility index (Phi) is 4.13. The molecule has 84 valence electrons. The lowest BCUT2D eigenvalue weighted by Crippen LogP contribution is -2.28. The molecule has 0 bridgehead atoms. The van der Waals surface area contributed by atoms with E-state index in [-0.39, 0.29) is 12.2 Å². The molecule has 0 N–H and O–H groups in total. The van der Waals surface area contributed by atoms with E-state index in [1.54, 1.807) is 0 Å². The summed E-state index contributed by atoms with van der Waals surface area (Å²) < 4.78 is 24.3. The van der Waals surface area contributed by atoms with Gasteiger partial charge in [-0.3, -0.25) is 13.2 Å². The second kappa shape index (κ2) is 5.15. The molecule has 0 aromatic rings. The molecule has 0 radical (unpaired) electrons. The fourth-order valence-corrected chi connectivity index (χ4v) is 1.41. The first kappa shape index (κ1) is 12.0. The zero-order valence-electron chi connectivity index (χ0n) is 8.06. The van der Waals surface area contributed by atoms with Crippen molar-refractivity contribution >= 4 is 23.1 Å². The van der Waals surface area contributed by atoms with Gasteiger partial charge in [0.2, 0.25) is 5.78 Å². The maximum absolute atomic E-state index is 11.3. The normalized spacial score (nSPS) is 24.9. The van der Waals surface area contributed by atoms with Gasteiger partial charge >= 0.3 is 17.3 Å². The first-order valence-corrected chi connectivity index (χ1v) is 5.08. The maximum atomic E-state index is 11.3. The Labute approximate surface area is 89.1 Å². The SMILES string of the molecule is C=C(C)C(=O)OCC(=O)C1COS(=O)O1. The number of hydrogen-bond donors (Lipinski definition) is 0. The van der Waals surface area contributed by atoms with Gasteiger partial charge in [0, 0.05) is 5.57 Å². The van der Waals surface area contributed by atoms with Gasteiger partial charge in [0.25, 0.3) is 0 Å². The Balaban J connectivity index is 2.33. The van der Waals surface area contributed by atoms with Crippen molar-refractivity contribution in [2.24, 2.45) is 0 Å². The van der Waals surface area contributed by atoms with Crippen LogP contribution in [0.25, 0.3) is 0 Å². The first-order chi connectivity index (χ1) is 7.00. The summed E-state index contributed by atoms with van der Waals surface area (Å²) in [5.74, 6) is -1.14. The molecule has 0 amide bonds. The van der Waals surface area contributed by atoms with Crippen LogP contribution >= 0.6 is 0 Å². The average molecular weight is 234 g/mol. The van der Waals surface area contributed by atoms with E-state index in [9.17, 15) is 13.8 Å². The van der Waals surface area contributed by atoms with Gasteiger partial charge in [-0.05, 0) is 6.92 Å². The van der Waals surface area contributed by atoms with Gasteiger partial charge in [-0.2, -0.15) is 4.21 Å². The van der Waals surface area contributed by atoms with E-state index in [0.717, 1.165) is 0 Å². The summed E-state index contributed by atoms with van der Waals surface area (Å²) >= 11 is -1.88. The highest BCUT2D eigenvalue weighted by Crippen LogP contribution is 2.09. The van der Waals surface area contributed by atoms with Crippen molar-refractivity contribution in [3.63, 3.8) is 0 Å². The predicted molar refractivity (Wildman–Crippen MR) is 49.7 cm³/mol. The summed E-state index contributed by atoms with van der Waals surface area (Å²) in [6.45, 7) is 4.30. The molecular weight excluding hydrogens is 224 g/mol. The molecule has 1 rings (SSSR count). The standard InChI is InChI=1S/C8H10O6S/c1-5(2)8(10)12-3-6(9)7-4-13-15(11)14-7/h7H,1,3-4H2,2H3. The Morgan fingerprint density at radius 1 is 1.60 bits per heavy atom. The number of esters is 1. The van der Waals surface area contributed by atoms with Crippen molar-refractivity contribution in [1.82, 2.24) is 0 Å². The highest BCUT2D eigenvalue weighted by Gasteiger charge is 2.30. The molecule has 0 aromatic carbocycles. The van der Waals surface area contributed by atoms with Crippen LogP contribution < -0.4 is 0 Å². The van der Waals surface area contributed by atoms with Crippen molar-refractivity contribution in [3.8, 4) is 0 Å². The van der Waals surface area contributed by atoms with Crippen molar-refractivity contribution < 1.29 is 26.9 Å². The van der Waals surface area contributed by atoms with Crippen molar-refractivity contribution in [2.45, 2.75) is 13.0 Å². The molecule has 1 fully saturated rings. The van der Waals surface area contributed by atoms with E-state index >= 15 is 0 Å². The van der Waals surface area contributed by atoms with E-state index in [1.165, 1.54) is 6.92 Å². The third-order valence-corrected chi connectivity index (χ3v) is 2.28. The number of rotatable bonds is 4. The fraction of sp³-hybridized carbons (Fsp3) is 0.500. The molecule has 1 aliphatic rings. The molecule has 15 heavy (non-hydrogen) atoms. The van der Waals surface area contributed by atoms with Crippen LogP contribution in [0, 0.1) is 0 Å². The molecule has 7 heteroatoms.